The molecule has 5 aliphatic heterocycles. The Hall–Kier alpha value is -4.65. The minimum atomic E-state index is -2.27. The highest BCUT2D eigenvalue weighted by atomic mass is 16.6. The Labute approximate surface area is 333 Å². The van der Waals surface area contributed by atoms with Crippen LogP contribution in [0, 0.1) is 11.3 Å². The third kappa shape index (κ3) is 4.80. The number of ether oxygens (including phenoxy) is 4. The van der Waals surface area contributed by atoms with Crippen molar-refractivity contribution in [2.45, 2.75) is 87.6 Å². The first-order valence-electron chi connectivity index (χ1n) is 20.3. The number of carbonyl (C=O) groups is 3. The molecule has 57 heavy (non-hydrogen) atoms. The van der Waals surface area contributed by atoms with E-state index in [1.165, 1.54) is 26.7 Å². The fourth-order valence-electron chi connectivity index (χ4n) is 12.8. The second-order valence-corrected chi connectivity index (χ2v) is 17.2. The third-order valence-electron chi connectivity index (χ3n) is 14.8. The van der Waals surface area contributed by atoms with Gasteiger partial charge in [-0.1, -0.05) is 55.8 Å². The number of nitrogens with zero attached hydrogens (tertiary/aromatic N) is 3. The number of para-hydroxylation sites is 1. The van der Waals surface area contributed by atoms with Gasteiger partial charge in [0.2, 0.25) is 5.60 Å². The van der Waals surface area contributed by atoms with Crippen molar-refractivity contribution < 1.29 is 38.4 Å². The van der Waals surface area contributed by atoms with Crippen molar-refractivity contribution >= 4 is 34.5 Å². The van der Waals surface area contributed by atoms with Crippen molar-refractivity contribution in [2.24, 2.45) is 11.3 Å². The van der Waals surface area contributed by atoms with Crippen LogP contribution in [0.25, 0.3) is 10.9 Å². The summed E-state index contributed by atoms with van der Waals surface area (Å²) in [7, 11) is 6.22. The van der Waals surface area contributed by atoms with E-state index in [2.05, 4.69) is 58.1 Å². The second kappa shape index (κ2) is 13.2. The summed E-state index contributed by atoms with van der Waals surface area (Å²) in [5, 5.41) is 14.4. The number of H-pyrrole nitrogens is 1. The summed E-state index contributed by atoms with van der Waals surface area (Å²) in [6.07, 6.45) is 7.67. The van der Waals surface area contributed by atoms with Crippen molar-refractivity contribution in [3.05, 3.63) is 82.6 Å². The number of benzene rings is 2. The molecule has 2 aromatic carbocycles. The van der Waals surface area contributed by atoms with Crippen molar-refractivity contribution in [1.29, 1.82) is 0 Å². The van der Waals surface area contributed by atoms with Crippen molar-refractivity contribution in [2.75, 3.05) is 59.5 Å². The van der Waals surface area contributed by atoms with Crippen molar-refractivity contribution in [3.63, 3.8) is 0 Å². The lowest BCUT2D eigenvalue weighted by Crippen LogP contribution is -2.81. The number of aromatic nitrogens is 1. The molecule has 12 heteroatoms. The molecule has 6 aliphatic rings. The molecule has 1 saturated carbocycles. The van der Waals surface area contributed by atoms with Crippen LogP contribution >= 0.6 is 0 Å². The number of aliphatic hydroxyl groups is 1. The van der Waals surface area contributed by atoms with Crippen LogP contribution in [0.3, 0.4) is 0 Å². The zero-order valence-corrected chi connectivity index (χ0v) is 34.0. The highest BCUT2D eigenvalue weighted by Gasteiger charge is 2.80. The van der Waals surface area contributed by atoms with E-state index in [1.54, 1.807) is 7.11 Å². The lowest BCUT2D eigenvalue weighted by Gasteiger charge is -2.63. The molecule has 2 N–H and O–H groups in total. The number of carbonyl (C=O) groups excluding carboxylic acids is 3. The van der Waals surface area contributed by atoms with Crippen LogP contribution in [0.5, 0.6) is 5.75 Å². The van der Waals surface area contributed by atoms with Crippen LogP contribution in [0.4, 0.5) is 5.69 Å². The maximum atomic E-state index is 15.2. The molecular formula is C45H54N4O8. The Kier molecular flexibility index (Phi) is 8.77. The number of likely N-dealkylation sites (N-methyl/N-ethyl adjacent to an activating group) is 1. The molecule has 1 spiro atoms. The maximum Gasteiger partial charge on any atom is 0.344 e. The van der Waals surface area contributed by atoms with Gasteiger partial charge in [0.25, 0.3) is 0 Å². The van der Waals surface area contributed by atoms with E-state index in [0.29, 0.717) is 50.2 Å². The van der Waals surface area contributed by atoms with Crippen LogP contribution in [0.15, 0.2) is 60.2 Å². The molecule has 2 unspecified atom stereocenters. The summed E-state index contributed by atoms with van der Waals surface area (Å²) < 4.78 is 23.9. The molecule has 3 aromatic rings. The monoisotopic (exact) mass is 778 g/mol. The first kappa shape index (κ1) is 37.9. The van der Waals surface area contributed by atoms with E-state index >= 15 is 4.79 Å². The van der Waals surface area contributed by atoms with Crippen LogP contribution in [0.2, 0.25) is 0 Å². The molecular weight excluding hydrogens is 725 g/mol. The number of nitrogens with one attached hydrogen (secondary N) is 1. The minimum absolute atomic E-state index is 0.0284. The van der Waals surface area contributed by atoms with Gasteiger partial charge < -0.3 is 33.9 Å². The number of hydrogen-bond acceptors (Lipinski definition) is 11. The van der Waals surface area contributed by atoms with Crippen molar-refractivity contribution in [3.8, 4) is 5.75 Å². The quantitative estimate of drug-likeness (QED) is 0.196. The molecule has 12 nitrogen and oxygen atoms in total. The second-order valence-electron chi connectivity index (χ2n) is 17.2. The molecule has 9 rings (SSSR count). The molecule has 1 aromatic heterocycles. The number of methoxy groups -OCH3 is 3. The van der Waals surface area contributed by atoms with Gasteiger partial charge in [0, 0.05) is 90.9 Å². The number of anilines is 1. The molecule has 302 valence electrons. The minimum Gasteiger partial charge on any atom is -0.496 e. The van der Waals surface area contributed by atoms with Crippen LogP contribution < -0.4 is 9.64 Å². The fraction of sp³-hybridized carbons (Fsp3) is 0.533. The number of rotatable bonds is 7. The number of hydrogen-bond donors (Lipinski definition) is 2. The van der Waals surface area contributed by atoms with Gasteiger partial charge in [-0.25, -0.2) is 4.79 Å². The fourth-order valence-corrected chi connectivity index (χ4v) is 12.8. The van der Waals surface area contributed by atoms with E-state index in [9.17, 15) is 14.7 Å². The van der Waals surface area contributed by atoms with E-state index < -0.39 is 45.9 Å². The lowest BCUT2D eigenvalue weighted by atomic mass is 9.47. The summed E-state index contributed by atoms with van der Waals surface area (Å²) in [5.74, 6) is -1.31. The summed E-state index contributed by atoms with van der Waals surface area (Å²) in [6.45, 7) is 9.19. The predicted molar refractivity (Wildman–Crippen MR) is 214 cm³/mol. The molecule has 2 fully saturated rings. The lowest BCUT2D eigenvalue weighted by molar-refractivity contribution is -0.228. The third-order valence-corrected chi connectivity index (χ3v) is 14.8. The van der Waals surface area contributed by atoms with Crippen LogP contribution in [-0.4, -0.2) is 116 Å². The highest BCUT2D eigenvalue weighted by Crippen LogP contribution is 2.68. The average molecular weight is 779 g/mol. The maximum absolute atomic E-state index is 15.2. The standard InChI is InChI=1S/C45H54N4O8/c1-8-27-19-28-22-44(40(51)55-6,36-30(25-48(23-27)24-28)29-13-10-11-14-33(29)46-36)32-20-31-34(21-35(32)54-5)47(4)38-43(31)16-18-49-17-12-15-42(9-2,37(43)49)39(57-26(3)50)45(38,53)41(52)56-7/h10-15,19-21,28,37-39,46,53H,8-9,16-18,22-25H2,1-7H3/t28-,37?,38+,39+,42+,43+,44-,45-/m0/s1. The molecule has 1 saturated heterocycles. The number of aromatic amines is 1. The van der Waals surface area contributed by atoms with Gasteiger partial charge in [-0.2, -0.15) is 0 Å². The normalized spacial score (nSPS) is 34.9. The van der Waals surface area contributed by atoms with E-state index in [4.69, 9.17) is 18.9 Å². The van der Waals surface area contributed by atoms with Gasteiger partial charge in [0.15, 0.2) is 6.10 Å². The Morgan fingerprint density at radius 2 is 1.77 bits per heavy atom. The Morgan fingerprint density at radius 1 is 1.00 bits per heavy atom. The Bertz CT molecular complexity index is 2250. The van der Waals surface area contributed by atoms with E-state index in [1.807, 2.05) is 37.1 Å². The van der Waals surface area contributed by atoms with Gasteiger partial charge in [-0.05, 0) is 61.4 Å². The number of esters is 3. The first-order chi connectivity index (χ1) is 27.4. The predicted octanol–water partition coefficient (Wildman–Crippen LogP) is 4.75. The highest BCUT2D eigenvalue weighted by molar-refractivity contribution is 5.95. The summed E-state index contributed by atoms with van der Waals surface area (Å²) in [4.78, 5) is 53.1. The zero-order valence-electron chi connectivity index (χ0n) is 34.0. The van der Waals surface area contributed by atoms with Crippen LogP contribution in [0.1, 0.15) is 68.8 Å². The van der Waals surface area contributed by atoms with E-state index in [-0.39, 0.29) is 17.9 Å². The summed E-state index contributed by atoms with van der Waals surface area (Å²) in [6, 6.07) is 11.2. The van der Waals surface area contributed by atoms with Gasteiger partial charge in [0.05, 0.1) is 27.4 Å². The zero-order chi connectivity index (χ0) is 40.2. The largest absolute Gasteiger partial charge is 0.496 e. The SMILES string of the molecule is CCC1=C[C@@H]2CN(C1)Cc1c([nH]c3ccccc13)[C@@](C(=O)OC)(c1cc3c(cc1OC)N(C)[C@H]1[C@@](O)(C(=O)OC)[C@H](OC(C)=O)[C@]4(CC)C=CCN5CC[C@]31C54)C2. The molecule has 1 aliphatic carbocycles. The Balaban J connectivity index is 1.37. The van der Waals surface area contributed by atoms with Gasteiger partial charge in [-0.3, -0.25) is 19.4 Å². The number of fused-ring (bicyclic) bond motifs is 6. The Morgan fingerprint density at radius 3 is 2.47 bits per heavy atom. The molecule has 0 amide bonds. The van der Waals surface area contributed by atoms with E-state index in [0.717, 1.165) is 52.9 Å². The van der Waals surface area contributed by atoms with Crippen LogP contribution in [-0.2, 0) is 46.0 Å². The molecule has 9 atom stereocenters. The topological polar surface area (TPSA) is 134 Å². The molecule has 0 radical (unpaired) electrons. The summed E-state index contributed by atoms with van der Waals surface area (Å²) >= 11 is 0. The average Bonchev–Trinajstić information content (AvgIpc) is 3.87. The van der Waals surface area contributed by atoms with Gasteiger partial charge in [0.1, 0.15) is 11.2 Å². The summed E-state index contributed by atoms with van der Waals surface area (Å²) in [5.41, 5.74) is 1.05. The van der Waals surface area contributed by atoms with Crippen molar-refractivity contribution in [1.82, 2.24) is 14.8 Å². The van der Waals surface area contributed by atoms with Gasteiger partial charge >= 0.3 is 17.9 Å². The van der Waals surface area contributed by atoms with Gasteiger partial charge in [-0.15, -0.1) is 0 Å². The first-order valence-corrected chi connectivity index (χ1v) is 20.3. The molecule has 2 bridgehead atoms. The molecule has 6 heterocycles. The smallest absolute Gasteiger partial charge is 0.344 e.